The summed E-state index contributed by atoms with van der Waals surface area (Å²) in [5.41, 5.74) is 1.90. The van der Waals surface area contributed by atoms with Crippen LogP contribution in [0.2, 0.25) is 0 Å². The minimum Gasteiger partial charge on any atom is -0.281 e. The summed E-state index contributed by atoms with van der Waals surface area (Å²) in [7, 11) is 0. The summed E-state index contributed by atoms with van der Waals surface area (Å²) in [6.07, 6.45) is 0. The number of hydrogen-bond donors (Lipinski definition) is 0. The molecular formula is C11H12OS. The van der Waals surface area contributed by atoms with Crippen LogP contribution in [0.5, 0.6) is 0 Å². The molecule has 0 saturated heterocycles. The molecule has 0 aliphatic rings. The van der Waals surface area contributed by atoms with Gasteiger partial charge in [0.2, 0.25) is 5.12 Å². The zero-order valence-electron chi connectivity index (χ0n) is 7.83. The van der Waals surface area contributed by atoms with Gasteiger partial charge < -0.3 is 0 Å². The predicted octanol–water partition coefficient (Wildman–Crippen LogP) is 3.40. The summed E-state index contributed by atoms with van der Waals surface area (Å²) in [5, 5.41) is 0.0625. The van der Waals surface area contributed by atoms with Gasteiger partial charge in [-0.1, -0.05) is 48.2 Å². The highest BCUT2D eigenvalue weighted by Crippen LogP contribution is 2.19. The smallest absolute Gasteiger partial charge is 0.223 e. The van der Waals surface area contributed by atoms with Crippen LogP contribution in [0.25, 0.3) is 0 Å². The van der Waals surface area contributed by atoms with E-state index in [0.29, 0.717) is 0 Å². The molecule has 0 amide bonds. The zero-order valence-corrected chi connectivity index (χ0v) is 8.65. The van der Waals surface area contributed by atoms with Crippen molar-refractivity contribution in [1.82, 2.24) is 0 Å². The van der Waals surface area contributed by atoms with E-state index >= 15 is 0 Å². The topological polar surface area (TPSA) is 17.1 Å². The van der Waals surface area contributed by atoms with Crippen LogP contribution >= 0.6 is 11.8 Å². The van der Waals surface area contributed by atoms with E-state index in [9.17, 15) is 4.79 Å². The van der Waals surface area contributed by atoms with Crippen molar-refractivity contribution in [3.05, 3.63) is 46.9 Å². The molecule has 0 unspecified atom stereocenters. The van der Waals surface area contributed by atoms with Gasteiger partial charge in [-0.2, -0.15) is 0 Å². The number of allylic oxidation sites excluding steroid dienone is 1. The van der Waals surface area contributed by atoms with Crippen LogP contribution in [0.15, 0.2) is 35.7 Å². The van der Waals surface area contributed by atoms with Gasteiger partial charge >= 0.3 is 0 Å². The Balaban J connectivity index is 2.78. The Hall–Kier alpha value is -1.02. The molecule has 68 valence electrons. The molecule has 1 nitrogen and oxygen atoms in total. The number of rotatable bonds is 2. The summed E-state index contributed by atoms with van der Waals surface area (Å²) in [5.74, 6) is 0. The van der Waals surface area contributed by atoms with Crippen LogP contribution < -0.4 is 0 Å². The molecule has 0 aliphatic heterocycles. The van der Waals surface area contributed by atoms with Crippen molar-refractivity contribution in [3.63, 3.8) is 0 Å². The third-order valence-corrected chi connectivity index (χ3v) is 2.32. The SMILES string of the molecule is C=C(C)SC(=O)c1ccc(C)cc1. The van der Waals surface area contributed by atoms with Crippen molar-refractivity contribution < 1.29 is 4.79 Å². The molecule has 0 heterocycles. The number of hydrogen-bond acceptors (Lipinski definition) is 2. The quantitative estimate of drug-likeness (QED) is 0.714. The molecule has 0 N–H and O–H groups in total. The summed E-state index contributed by atoms with van der Waals surface area (Å²) in [6.45, 7) is 7.51. The van der Waals surface area contributed by atoms with E-state index in [2.05, 4.69) is 6.58 Å². The van der Waals surface area contributed by atoms with E-state index in [0.717, 1.165) is 16.0 Å². The first kappa shape index (κ1) is 10.1. The van der Waals surface area contributed by atoms with E-state index in [1.54, 1.807) is 0 Å². The number of thioether (sulfide) groups is 1. The molecule has 0 atom stereocenters. The summed E-state index contributed by atoms with van der Waals surface area (Å²) in [4.78, 5) is 12.3. The van der Waals surface area contributed by atoms with Crippen molar-refractivity contribution >= 4 is 16.9 Å². The molecule has 0 aliphatic carbocycles. The largest absolute Gasteiger partial charge is 0.281 e. The second-order valence-electron chi connectivity index (χ2n) is 2.96. The Bertz CT molecular complexity index is 324. The van der Waals surface area contributed by atoms with Gasteiger partial charge in [-0.15, -0.1) is 0 Å². The van der Waals surface area contributed by atoms with Gasteiger partial charge in [0.15, 0.2) is 0 Å². The monoisotopic (exact) mass is 192 g/mol. The van der Waals surface area contributed by atoms with Crippen LogP contribution in [-0.4, -0.2) is 5.12 Å². The highest BCUT2D eigenvalue weighted by molar-refractivity contribution is 8.17. The normalized spacial score (nSPS) is 9.69. The van der Waals surface area contributed by atoms with E-state index in [4.69, 9.17) is 0 Å². The average molecular weight is 192 g/mol. The van der Waals surface area contributed by atoms with E-state index in [1.165, 1.54) is 11.8 Å². The Morgan fingerprint density at radius 2 is 1.85 bits per heavy atom. The molecule has 2 heteroatoms. The third kappa shape index (κ3) is 3.07. The molecule has 0 fully saturated rings. The number of carbonyl (C=O) groups excluding carboxylic acids is 1. The Labute approximate surface area is 82.9 Å². The van der Waals surface area contributed by atoms with E-state index in [1.807, 2.05) is 38.1 Å². The Kier molecular flexibility index (Phi) is 3.32. The van der Waals surface area contributed by atoms with Crippen molar-refractivity contribution in [1.29, 1.82) is 0 Å². The fraction of sp³-hybridized carbons (Fsp3) is 0.182. The molecule has 0 spiro atoms. The van der Waals surface area contributed by atoms with Gasteiger partial charge in [0, 0.05) is 5.56 Å². The molecule has 1 aromatic rings. The second kappa shape index (κ2) is 4.28. The van der Waals surface area contributed by atoms with Crippen LogP contribution in [0.4, 0.5) is 0 Å². The molecule has 1 aromatic carbocycles. The van der Waals surface area contributed by atoms with Gasteiger partial charge in [-0.25, -0.2) is 0 Å². The van der Waals surface area contributed by atoms with Crippen LogP contribution in [0, 0.1) is 6.92 Å². The van der Waals surface area contributed by atoms with E-state index < -0.39 is 0 Å². The fourth-order valence-electron chi connectivity index (χ4n) is 0.907. The van der Waals surface area contributed by atoms with Gasteiger partial charge in [0.25, 0.3) is 0 Å². The zero-order chi connectivity index (χ0) is 9.84. The molecule has 0 bridgehead atoms. The maximum atomic E-state index is 11.5. The number of aryl methyl sites for hydroxylation is 1. The average Bonchev–Trinajstić information content (AvgIpc) is 2.04. The summed E-state index contributed by atoms with van der Waals surface area (Å²) < 4.78 is 0. The molecule has 1 rings (SSSR count). The standard InChI is InChI=1S/C11H12OS/c1-8(2)13-11(12)10-6-4-9(3)5-7-10/h4-7H,1H2,2-3H3. The van der Waals surface area contributed by atoms with Gasteiger partial charge in [-0.05, 0) is 18.8 Å². The minimum absolute atomic E-state index is 0.0625. The molecule has 0 aromatic heterocycles. The lowest BCUT2D eigenvalue weighted by atomic mass is 10.2. The molecule has 0 radical (unpaired) electrons. The Morgan fingerprint density at radius 1 is 1.31 bits per heavy atom. The molecule has 13 heavy (non-hydrogen) atoms. The lowest BCUT2D eigenvalue weighted by Crippen LogP contribution is -1.92. The van der Waals surface area contributed by atoms with Gasteiger partial charge in [0.05, 0.1) is 0 Å². The predicted molar refractivity (Wildman–Crippen MR) is 57.9 cm³/mol. The Morgan fingerprint density at radius 3 is 2.31 bits per heavy atom. The first-order chi connectivity index (χ1) is 6.09. The van der Waals surface area contributed by atoms with Gasteiger partial charge in [0.1, 0.15) is 0 Å². The molecular weight excluding hydrogens is 180 g/mol. The summed E-state index contributed by atoms with van der Waals surface area (Å²) in [6, 6.07) is 7.56. The van der Waals surface area contributed by atoms with Crippen LogP contribution in [0.1, 0.15) is 22.8 Å². The van der Waals surface area contributed by atoms with Crippen molar-refractivity contribution in [2.45, 2.75) is 13.8 Å². The lowest BCUT2D eigenvalue weighted by Gasteiger charge is -1.99. The number of carbonyl (C=O) groups is 1. The maximum Gasteiger partial charge on any atom is 0.223 e. The number of benzene rings is 1. The van der Waals surface area contributed by atoms with Gasteiger partial charge in [-0.3, -0.25) is 4.79 Å². The lowest BCUT2D eigenvalue weighted by molar-refractivity contribution is 0.108. The highest BCUT2D eigenvalue weighted by atomic mass is 32.2. The minimum atomic E-state index is 0.0625. The first-order valence-corrected chi connectivity index (χ1v) is 4.85. The third-order valence-electron chi connectivity index (χ3n) is 1.55. The van der Waals surface area contributed by atoms with E-state index in [-0.39, 0.29) is 5.12 Å². The molecule has 0 saturated carbocycles. The second-order valence-corrected chi connectivity index (χ2v) is 4.23. The maximum absolute atomic E-state index is 11.5. The fourth-order valence-corrected chi connectivity index (χ4v) is 1.48. The van der Waals surface area contributed by atoms with Crippen molar-refractivity contribution in [3.8, 4) is 0 Å². The van der Waals surface area contributed by atoms with Crippen LogP contribution in [0.3, 0.4) is 0 Å². The van der Waals surface area contributed by atoms with Crippen molar-refractivity contribution in [2.24, 2.45) is 0 Å². The first-order valence-electron chi connectivity index (χ1n) is 4.04. The highest BCUT2D eigenvalue weighted by Gasteiger charge is 2.05. The van der Waals surface area contributed by atoms with Crippen LogP contribution in [-0.2, 0) is 0 Å². The summed E-state index contributed by atoms with van der Waals surface area (Å²) >= 11 is 1.18. The van der Waals surface area contributed by atoms with Crippen molar-refractivity contribution in [2.75, 3.05) is 0 Å².